The zero-order valence-corrected chi connectivity index (χ0v) is 15.2. The summed E-state index contributed by atoms with van der Waals surface area (Å²) in [6.45, 7) is 8.10. The second kappa shape index (κ2) is 11.1. The lowest BCUT2D eigenvalue weighted by Crippen LogP contribution is -2.47. The van der Waals surface area contributed by atoms with Crippen LogP contribution >= 0.6 is 11.8 Å². The van der Waals surface area contributed by atoms with E-state index in [1.54, 1.807) is 17.1 Å². The third-order valence-corrected chi connectivity index (χ3v) is 4.53. The summed E-state index contributed by atoms with van der Waals surface area (Å²) in [5, 5.41) is 9.32. The van der Waals surface area contributed by atoms with E-state index in [4.69, 9.17) is 9.47 Å². The number of aliphatic hydroxyl groups excluding tert-OH is 1. The molecule has 1 aliphatic rings. The molecule has 1 fully saturated rings. The van der Waals surface area contributed by atoms with Crippen molar-refractivity contribution in [2.75, 3.05) is 25.5 Å². The summed E-state index contributed by atoms with van der Waals surface area (Å²) in [7, 11) is 0. The number of esters is 1. The highest BCUT2D eigenvalue weighted by Gasteiger charge is 2.28. The molecule has 136 valence electrons. The molecule has 0 spiro atoms. The van der Waals surface area contributed by atoms with Gasteiger partial charge in [-0.25, -0.2) is 9.59 Å². The molecule has 0 saturated carbocycles. The molecule has 7 heteroatoms. The van der Waals surface area contributed by atoms with Crippen LogP contribution in [0.2, 0.25) is 0 Å². The number of carbonyl (C=O) groups excluding carboxylic acids is 2. The van der Waals surface area contributed by atoms with Crippen molar-refractivity contribution < 1.29 is 24.2 Å². The van der Waals surface area contributed by atoms with Gasteiger partial charge in [-0.3, -0.25) is 0 Å². The standard InChI is InChI=1S/C17H27NO5S/c1-4-7-15(16(20)23-13(2)3)24-11-6-5-9-18-14(12-19)8-10-22-17(18)21/h4,7,13-14,19H,1,5-6,8-12H2,2-3H3/b15-7-. The fourth-order valence-corrected chi connectivity index (χ4v) is 3.18. The largest absolute Gasteiger partial charge is 0.459 e. The van der Waals surface area contributed by atoms with E-state index in [0.29, 0.717) is 24.5 Å². The number of hydrogen-bond donors (Lipinski definition) is 1. The molecule has 1 aliphatic heterocycles. The monoisotopic (exact) mass is 357 g/mol. The Bertz CT molecular complexity index is 464. The van der Waals surface area contributed by atoms with Gasteiger partial charge in [0.15, 0.2) is 0 Å². The van der Waals surface area contributed by atoms with Gasteiger partial charge in [-0.2, -0.15) is 0 Å². The molecule has 1 rings (SSSR count). The fourth-order valence-electron chi connectivity index (χ4n) is 2.25. The maximum absolute atomic E-state index is 11.9. The van der Waals surface area contributed by atoms with Gasteiger partial charge >= 0.3 is 12.1 Å². The molecule has 6 nitrogen and oxygen atoms in total. The Morgan fingerprint density at radius 2 is 2.29 bits per heavy atom. The highest BCUT2D eigenvalue weighted by Crippen LogP contribution is 2.21. The quantitative estimate of drug-likeness (QED) is 0.280. The van der Waals surface area contributed by atoms with Crippen molar-refractivity contribution in [1.29, 1.82) is 0 Å². The molecular weight excluding hydrogens is 330 g/mol. The molecule has 0 aliphatic carbocycles. The van der Waals surface area contributed by atoms with Crippen LogP contribution < -0.4 is 0 Å². The van der Waals surface area contributed by atoms with E-state index >= 15 is 0 Å². The van der Waals surface area contributed by atoms with Crippen LogP contribution in [0.4, 0.5) is 4.79 Å². The first-order valence-electron chi connectivity index (χ1n) is 8.20. The lowest BCUT2D eigenvalue weighted by molar-refractivity contribution is -0.141. The number of ether oxygens (including phenoxy) is 2. The van der Waals surface area contributed by atoms with E-state index in [9.17, 15) is 14.7 Å². The molecule has 0 radical (unpaired) electrons. The lowest BCUT2D eigenvalue weighted by atomic mass is 10.1. The topological polar surface area (TPSA) is 76.1 Å². The predicted molar refractivity (Wildman–Crippen MR) is 94.7 cm³/mol. The SMILES string of the molecule is C=C/C=C(\SCCCCN1C(=O)OCCC1CO)C(=O)OC(C)C. The number of rotatable bonds is 10. The third-order valence-electron chi connectivity index (χ3n) is 3.43. The van der Waals surface area contributed by atoms with Crippen LogP contribution in [0.3, 0.4) is 0 Å². The normalized spacial score (nSPS) is 18.5. The number of unbranched alkanes of at least 4 members (excludes halogenated alkanes) is 1. The van der Waals surface area contributed by atoms with Crippen LogP contribution in [0.15, 0.2) is 23.6 Å². The molecule has 0 aromatic rings. The summed E-state index contributed by atoms with van der Waals surface area (Å²) in [4.78, 5) is 25.8. The minimum Gasteiger partial charge on any atom is -0.459 e. The first kappa shape index (κ1) is 20.6. The number of allylic oxidation sites excluding steroid dienone is 2. The zero-order valence-electron chi connectivity index (χ0n) is 14.4. The summed E-state index contributed by atoms with van der Waals surface area (Å²) in [5.41, 5.74) is 0. The molecule has 1 N–H and O–H groups in total. The van der Waals surface area contributed by atoms with Gasteiger partial charge < -0.3 is 19.5 Å². The number of thioether (sulfide) groups is 1. The number of hydrogen-bond acceptors (Lipinski definition) is 6. The molecule has 1 saturated heterocycles. The van der Waals surface area contributed by atoms with Gasteiger partial charge in [0.25, 0.3) is 0 Å². The van der Waals surface area contributed by atoms with E-state index in [-0.39, 0.29) is 30.8 Å². The van der Waals surface area contributed by atoms with Crippen molar-refractivity contribution >= 4 is 23.8 Å². The second-order valence-corrected chi connectivity index (χ2v) is 6.85. The molecular formula is C17H27NO5S. The Balaban J connectivity index is 2.35. The number of nitrogens with zero attached hydrogens (tertiary/aromatic N) is 1. The van der Waals surface area contributed by atoms with E-state index in [1.165, 1.54) is 11.8 Å². The van der Waals surface area contributed by atoms with Gasteiger partial charge in [0.1, 0.15) is 0 Å². The van der Waals surface area contributed by atoms with E-state index < -0.39 is 0 Å². The Morgan fingerprint density at radius 1 is 1.54 bits per heavy atom. The zero-order chi connectivity index (χ0) is 17.9. The number of cyclic esters (lactones) is 1. The molecule has 0 aromatic heterocycles. The Kier molecular flexibility index (Phi) is 9.56. The van der Waals surface area contributed by atoms with Crippen molar-refractivity contribution in [3.05, 3.63) is 23.6 Å². The maximum Gasteiger partial charge on any atom is 0.410 e. The molecule has 1 amide bonds. The third kappa shape index (κ3) is 6.97. The van der Waals surface area contributed by atoms with Crippen LogP contribution in [-0.2, 0) is 14.3 Å². The minimum absolute atomic E-state index is 0.0445. The van der Waals surface area contributed by atoms with Crippen LogP contribution in [-0.4, -0.2) is 59.7 Å². The Morgan fingerprint density at radius 3 is 2.92 bits per heavy atom. The first-order valence-corrected chi connectivity index (χ1v) is 9.18. The van der Waals surface area contributed by atoms with E-state index in [0.717, 1.165) is 18.6 Å². The van der Waals surface area contributed by atoms with Crippen molar-refractivity contribution in [3.63, 3.8) is 0 Å². The van der Waals surface area contributed by atoms with Crippen LogP contribution in [0, 0.1) is 0 Å². The van der Waals surface area contributed by atoms with Crippen LogP contribution in [0.25, 0.3) is 0 Å². The average molecular weight is 357 g/mol. The summed E-state index contributed by atoms with van der Waals surface area (Å²) in [6.07, 6.45) is 4.96. The van der Waals surface area contributed by atoms with Gasteiger partial charge in [-0.15, -0.1) is 11.8 Å². The summed E-state index contributed by atoms with van der Waals surface area (Å²) in [5.74, 6) is 0.398. The highest BCUT2D eigenvalue weighted by molar-refractivity contribution is 8.03. The minimum atomic E-state index is -0.360. The summed E-state index contributed by atoms with van der Waals surface area (Å²) < 4.78 is 10.2. The van der Waals surface area contributed by atoms with Crippen molar-refractivity contribution in [2.45, 2.75) is 45.3 Å². The highest BCUT2D eigenvalue weighted by atomic mass is 32.2. The van der Waals surface area contributed by atoms with Crippen molar-refractivity contribution in [2.24, 2.45) is 0 Å². The average Bonchev–Trinajstić information content (AvgIpc) is 2.53. The number of amides is 1. The second-order valence-electron chi connectivity index (χ2n) is 5.71. The van der Waals surface area contributed by atoms with E-state index in [2.05, 4.69) is 6.58 Å². The smallest absolute Gasteiger partial charge is 0.410 e. The summed E-state index contributed by atoms with van der Waals surface area (Å²) in [6, 6.07) is -0.156. The predicted octanol–water partition coefficient (Wildman–Crippen LogP) is 2.72. The molecule has 0 aromatic carbocycles. The van der Waals surface area contributed by atoms with Gasteiger partial charge in [0.2, 0.25) is 0 Å². The molecule has 1 atom stereocenters. The van der Waals surface area contributed by atoms with E-state index in [1.807, 2.05) is 13.8 Å². The summed E-state index contributed by atoms with van der Waals surface area (Å²) >= 11 is 1.42. The number of carbonyl (C=O) groups is 2. The Hall–Kier alpha value is -1.47. The molecule has 1 unspecified atom stereocenters. The fraction of sp³-hybridized carbons (Fsp3) is 0.647. The number of aliphatic hydroxyl groups is 1. The lowest BCUT2D eigenvalue weighted by Gasteiger charge is -2.33. The van der Waals surface area contributed by atoms with Crippen LogP contribution in [0.1, 0.15) is 33.1 Å². The van der Waals surface area contributed by atoms with Crippen molar-refractivity contribution in [3.8, 4) is 0 Å². The van der Waals surface area contributed by atoms with Gasteiger partial charge in [0, 0.05) is 13.0 Å². The Labute approximate surface area is 147 Å². The van der Waals surface area contributed by atoms with Gasteiger partial charge in [0.05, 0.1) is 30.3 Å². The molecule has 24 heavy (non-hydrogen) atoms. The molecule has 0 bridgehead atoms. The van der Waals surface area contributed by atoms with Crippen LogP contribution in [0.5, 0.6) is 0 Å². The van der Waals surface area contributed by atoms with Gasteiger partial charge in [-0.05, 0) is 38.5 Å². The molecule has 1 heterocycles. The maximum atomic E-state index is 11.9. The first-order chi connectivity index (χ1) is 11.5. The van der Waals surface area contributed by atoms with Crippen molar-refractivity contribution in [1.82, 2.24) is 4.90 Å². The van der Waals surface area contributed by atoms with Gasteiger partial charge in [-0.1, -0.05) is 12.7 Å².